The Hall–Kier alpha value is -2.28. The number of aromatic nitrogens is 2. The molecule has 0 radical (unpaired) electrons. The fourth-order valence-electron chi connectivity index (χ4n) is 3.93. The van der Waals surface area contributed by atoms with Crippen LogP contribution in [0.4, 0.5) is 0 Å². The summed E-state index contributed by atoms with van der Waals surface area (Å²) < 4.78 is 7.57. The number of nitrogens with zero attached hydrogens (tertiary/aromatic N) is 2. The molecule has 4 rings (SSSR count). The Kier molecular flexibility index (Phi) is 6.46. The van der Waals surface area contributed by atoms with Crippen LogP contribution in [-0.2, 0) is 10.2 Å². The van der Waals surface area contributed by atoms with Gasteiger partial charge in [0.05, 0.1) is 0 Å². The van der Waals surface area contributed by atoms with Gasteiger partial charge >= 0.3 is 0 Å². The van der Waals surface area contributed by atoms with E-state index in [1.165, 1.54) is 0 Å². The average molecular weight is 442 g/mol. The summed E-state index contributed by atoms with van der Waals surface area (Å²) in [5, 5.41) is 4.76. The Balaban J connectivity index is 1.54. The first-order chi connectivity index (χ1) is 14.6. The standard InChI is InChI=1S/C23H24ClN3O2S/c1-30-22-25-10-11-27(22)20-7-2-4-17(14-20)21(28)26-16-23(8-12-29-13-9-23)18-5-3-6-19(24)15-18/h2-7,10-11,14-15H,8-9,12-13,16H2,1H3,(H,26,28). The molecule has 7 heteroatoms. The molecule has 0 saturated carbocycles. The number of nitrogens with one attached hydrogen (secondary N) is 1. The highest BCUT2D eigenvalue weighted by atomic mass is 35.5. The Labute approximate surface area is 185 Å². The average Bonchev–Trinajstić information content (AvgIpc) is 3.27. The van der Waals surface area contributed by atoms with Gasteiger partial charge in [-0.05, 0) is 55.0 Å². The van der Waals surface area contributed by atoms with Gasteiger partial charge in [-0.2, -0.15) is 0 Å². The second-order valence-corrected chi connectivity index (χ2v) is 8.63. The van der Waals surface area contributed by atoms with E-state index in [-0.39, 0.29) is 11.3 Å². The Morgan fingerprint density at radius 3 is 2.80 bits per heavy atom. The van der Waals surface area contributed by atoms with Gasteiger partial charge in [0.1, 0.15) is 0 Å². The Morgan fingerprint density at radius 2 is 2.03 bits per heavy atom. The second-order valence-electron chi connectivity index (χ2n) is 7.42. The van der Waals surface area contributed by atoms with Crippen LogP contribution in [0, 0.1) is 0 Å². The third-order valence-electron chi connectivity index (χ3n) is 5.65. The van der Waals surface area contributed by atoms with Gasteiger partial charge in [0, 0.05) is 53.8 Å². The molecule has 0 spiro atoms. The number of hydrogen-bond donors (Lipinski definition) is 1. The van der Waals surface area contributed by atoms with Gasteiger partial charge in [0.15, 0.2) is 5.16 Å². The lowest BCUT2D eigenvalue weighted by Crippen LogP contribution is -2.44. The Bertz CT molecular complexity index is 1030. The van der Waals surface area contributed by atoms with Crippen LogP contribution in [0.25, 0.3) is 5.69 Å². The summed E-state index contributed by atoms with van der Waals surface area (Å²) in [6.45, 7) is 1.90. The molecule has 3 aromatic rings. The van der Waals surface area contributed by atoms with Crippen molar-refractivity contribution in [3.8, 4) is 5.69 Å². The van der Waals surface area contributed by atoms with Crippen LogP contribution in [-0.4, -0.2) is 41.5 Å². The number of carbonyl (C=O) groups is 1. The van der Waals surface area contributed by atoms with Gasteiger partial charge in [0.2, 0.25) is 0 Å². The van der Waals surface area contributed by atoms with Crippen LogP contribution in [0.15, 0.2) is 66.1 Å². The van der Waals surface area contributed by atoms with Crippen molar-refractivity contribution in [1.29, 1.82) is 0 Å². The van der Waals surface area contributed by atoms with Gasteiger partial charge < -0.3 is 10.1 Å². The lowest BCUT2D eigenvalue weighted by Gasteiger charge is -2.38. The molecule has 1 aliphatic rings. The van der Waals surface area contributed by atoms with E-state index in [9.17, 15) is 4.79 Å². The molecule has 2 heterocycles. The number of amides is 1. The maximum Gasteiger partial charge on any atom is 0.251 e. The lowest BCUT2D eigenvalue weighted by molar-refractivity contribution is 0.0487. The van der Waals surface area contributed by atoms with Gasteiger partial charge in [-0.3, -0.25) is 9.36 Å². The fraction of sp³-hybridized carbons (Fsp3) is 0.304. The van der Waals surface area contributed by atoms with Gasteiger partial charge in [-0.15, -0.1) is 0 Å². The van der Waals surface area contributed by atoms with Crippen LogP contribution in [0.3, 0.4) is 0 Å². The molecule has 1 N–H and O–H groups in total. The molecule has 156 valence electrons. The van der Waals surface area contributed by atoms with Crippen molar-refractivity contribution in [2.75, 3.05) is 26.0 Å². The van der Waals surface area contributed by atoms with E-state index in [0.717, 1.165) is 29.2 Å². The number of halogens is 1. The first kappa shape index (κ1) is 21.0. The number of thioether (sulfide) groups is 1. The van der Waals surface area contributed by atoms with Gasteiger partial charge in [-0.25, -0.2) is 4.98 Å². The summed E-state index contributed by atoms with van der Waals surface area (Å²) in [6.07, 6.45) is 7.34. The third kappa shape index (κ3) is 4.41. The number of rotatable bonds is 6. The van der Waals surface area contributed by atoms with Gasteiger partial charge in [-0.1, -0.05) is 41.6 Å². The largest absolute Gasteiger partial charge is 0.381 e. The number of benzene rings is 2. The highest BCUT2D eigenvalue weighted by Gasteiger charge is 2.35. The molecule has 0 aliphatic carbocycles. The van der Waals surface area contributed by atoms with Crippen LogP contribution in [0.5, 0.6) is 0 Å². The molecule has 1 saturated heterocycles. The molecule has 1 fully saturated rings. The predicted molar refractivity (Wildman–Crippen MR) is 121 cm³/mol. The summed E-state index contributed by atoms with van der Waals surface area (Å²) in [5.74, 6) is -0.0874. The van der Waals surface area contributed by atoms with E-state index >= 15 is 0 Å². The summed E-state index contributed by atoms with van der Waals surface area (Å²) in [4.78, 5) is 17.3. The quantitative estimate of drug-likeness (QED) is 0.562. The zero-order chi connectivity index (χ0) is 21.0. The van der Waals surface area contributed by atoms with Crippen molar-refractivity contribution in [3.05, 3.63) is 77.1 Å². The van der Waals surface area contributed by atoms with Crippen molar-refractivity contribution in [1.82, 2.24) is 14.9 Å². The third-order valence-corrected chi connectivity index (χ3v) is 6.55. The van der Waals surface area contributed by atoms with Crippen LogP contribution in [0.2, 0.25) is 5.02 Å². The zero-order valence-corrected chi connectivity index (χ0v) is 18.4. The van der Waals surface area contributed by atoms with E-state index < -0.39 is 0 Å². The maximum atomic E-state index is 13.0. The summed E-state index contributed by atoms with van der Waals surface area (Å²) in [6, 6.07) is 15.5. The fourth-order valence-corrected chi connectivity index (χ4v) is 4.65. The highest BCUT2D eigenvalue weighted by molar-refractivity contribution is 7.98. The molecular weight excluding hydrogens is 418 g/mol. The maximum absolute atomic E-state index is 13.0. The molecule has 1 aliphatic heterocycles. The number of hydrogen-bond acceptors (Lipinski definition) is 4. The molecule has 5 nitrogen and oxygen atoms in total. The minimum atomic E-state index is -0.174. The van der Waals surface area contributed by atoms with Gasteiger partial charge in [0.25, 0.3) is 5.91 Å². The normalized spacial score (nSPS) is 15.7. The molecule has 1 amide bonds. The van der Waals surface area contributed by atoms with Crippen molar-refractivity contribution in [3.63, 3.8) is 0 Å². The van der Waals surface area contributed by atoms with Crippen molar-refractivity contribution in [2.45, 2.75) is 23.4 Å². The molecule has 2 aromatic carbocycles. The summed E-state index contributed by atoms with van der Waals surface area (Å²) in [5.41, 5.74) is 2.52. The molecule has 0 bridgehead atoms. The van der Waals surface area contributed by atoms with Crippen molar-refractivity contribution < 1.29 is 9.53 Å². The minimum Gasteiger partial charge on any atom is -0.381 e. The summed E-state index contributed by atoms with van der Waals surface area (Å²) in [7, 11) is 0. The van der Waals surface area contributed by atoms with Crippen LogP contribution in [0.1, 0.15) is 28.8 Å². The van der Waals surface area contributed by atoms with Crippen molar-refractivity contribution >= 4 is 29.3 Å². The smallest absolute Gasteiger partial charge is 0.251 e. The van der Waals surface area contributed by atoms with Crippen LogP contribution < -0.4 is 5.32 Å². The summed E-state index contributed by atoms with van der Waals surface area (Å²) >= 11 is 7.81. The lowest BCUT2D eigenvalue weighted by atomic mass is 9.74. The van der Waals surface area contributed by atoms with E-state index in [2.05, 4.69) is 16.4 Å². The Morgan fingerprint density at radius 1 is 1.23 bits per heavy atom. The monoisotopic (exact) mass is 441 g/mol. The zero-order valence-electron chi connectivity index (χ0n) is 16.8. The highest BCUT2D eigenvalue weighted by Crippen LogP contribution is 2.35. The van der Waals surface area contributed by atoms with E-state index in [1.54, 1.807) is 18.0 Å². The number of ether oxygens (including phenoxy) is 1. The molecule has 0 atom stereocenters. The molecule has 0 unspecified atom stereocenters. The molecular formula is C23H24ClN3O2S. The first-order valence-electron chi connectivity index (χ1n) is 9.91. The molecule has 30 heavy (non-hydrogen) atoms. The topological polar surface area (TPSA) is 56.2 Å². The minimum absolute atomic E-state index is 0.0874. The van der Waals surface area contributed by atoms with E-state index in [1.807, 2.05) is 59.5 Å². The first-order valence-corrected chi connectivity index (χ1v) is 11.5. The second kappa shape index (κ2) is 9.25. The van der Waals surface area contributed by atoms with E-state index in [4.69, 9.17) is 16.3 Å². The molecule has 1 aromatic heterocycles. The predicted octanol–water partition coefficient (Wildman–Crippen LogP) is 4.73. The van der Waals surface area contributed by atoms with Crippen LogP contribution >= 0.6 is 23.4 Å². The van der Waals surface area contributed by atoms with E-state index in [0.29, 0.717) is 30.3 Å². The van der Waals surface area contributed by atoms with Crippen molar-refractivity contribution in [2.24, 2.45) is 0 Å². The SMILES string of the molecule is CSc1nccn1-c1cccc(C(=O)NCC2(c3cccc(Cl)c3)CCOCC2)c1. The number of imidazole rings is 1. The number of carbonyl (C=O) groups excluding carboxylic acids is 1.